The second kappa shape index (κ2) is 8.67. The van der Waals surface area contributed by atoms with E-state index >= 15 is 0 Å². The number of rotatable bonds is 5. The first-order valence-corrected chi connectivity index (χ1v) is 11.2. The van der Waals surface area contributed by atoms with Crippen LogP contribution in [0.2, 0.25) is 0 Å². The maximum absolute atomic E-state index is 13.7. The number of amides is 2. The Hall–Kier alpha value is -2.92. The van der Waals surface area contributed by atoms with Gasteiger partial charge in [0.25, 0.3) is 11.8 Å². The minimum Gasteiger partial charge on any atom is -0.364 e. The summed E-state index contributed by atoms with van der Waals surface area (Å²) in [5.74, 6) is -0.446. The van der Waals surface area contributed by atoms with E-state index in [9.17, 15) is 9.59 Å². The molecule has 162 valence electrons. The summed E-state index contributed by atoms with van der Waals surface area (Å²) in [5, 5.41) is 0. The quantitative estimate of drug-likeness (QED) is 0.695. The molecule has 31 heavy (non-hydrogen) atoms. The fourth-order valence-corrected chi connectivity index (χ4v) is 4.37. The summed E-state index contributed by atoms with van der Waals surface area (Å²) in [6, 6.07) is 13.8. The predicted octanol–water partition coefficient (Wildman–Crippen LogP) is 3.79. The molecule has 2 aliphatic heterocycles. The highest BCUT2D eigenvalue weighted by Crippen LogP contribution is 2.35. The van der Waals surface area contributed by atoms with Gasteiger partial charge in [0.05, 0.1) is 11.3 Å². The number of aryl methyl sites for hydroxylation is 3. The number of carbonyl (C=O) groups excluding carboxylic acids is 2. The van der Waals surface area contributed by atoms with E-state index in [1.165, 1.54) is 16.0 Å². The number of imide groups is 1. The van der Waals surface area contributed by atoms with Gasteiger partial charge in [0.1, 0.15) is 5.70 Å². The van der Waals surface area contributed by atoms with E-state index < -0.39 is 0 Å². The third kappa shape index (κ3) is 3.90. The Balaban J connectivity index is 1.77. The average molecular weight is 418 g/mol. The molecule has 0 N–H and O–H groups in total. The number of hydrogen-bond acceptors (Lipinski definition) is 4. The van der Waals surface area contributed by atoms with E-state index in [1.54, 1.807) is 0 Å². The van der Waals surface area contributed by atoms with Gasteiger partial charge in [-0.3, -0.25) is 9.59 Å². The third-order valence-corrected chi connectivity index (χ3v) is 6.59. The molecule has 1 saturated heterocycles. The summed E-state index contributed by atoms with van der Waals surface area (Å²) in [5.41, 5.74) is 6.00. The van der Waals surface area contributed by atoms with Crippen molar-refractivity contribution in [3.63, 3.8) is 0 Å². The molecule has 0 aromatic heterocycles. The highest BCUT2D eigenvalue weighted by Gasteiger charge is 2.43. The van der Waals surface area contributed by atoms with Crippen LogP contribution in [0.4, 0.5) is 5.69 Å². The predicted molar refractivity (Wildman–Crippen MR) is 125 cm³/mol. The lowest BCUT2D eigenvalue weighted by Crippen LogP contribution is -2.47. The Kier molecular flexibility index (Phi) is 5.96. The topological polar surface area (TPSA) is 43.9 Å². The highest BCUT2D eigenvalue weighted by atomic mass is 16.2. The van der Waals surface area contributed by atoms with Gasteiger partial charge in [0.15, 0.2) is 0 Å². The number of piperazine rings is 1. The molecule has 2 aliphatic rings. The summed E-state index contributed by atoms with van der Waals surface area (Å²) in [6.07, 6.45) is 0.918. The van der Waals surface area contributed by atoms with Gasteiger partial charge in [-0.05, 0) is 61.2 Å². The van der Waals surface area contributed by atoms with Crippen molar-refractivity contribution in [1.29, 1.82) is 0 Å². The van der Waals surface area contributed by atoms with Crippen LogP contribution in [0.15, 0.2) is 48.2 Å². The molecule has 2 amide bonds. The van der Waals surface area contributed by atoms with E-state index in [-0.39, 0.29) is 11.8 Å². The molecule has 2 aromatic rings. The lowest BCUT2D eigenvalue weighted by molar-refractivity contribution is -0.120. The van der Waals surface area contributed by atoms with Gasteiger partial charge in [0.2, 0.25) is 0 Å². The molecule has 0 spiro atoms. The van der Waals surface area contributed by atoms with Crippen LogP contribution in [-0.2, 0) is 16.0 Å². The number of benzene rings is 2. The number of nitrogens with zero attached hydrogens (tertiary/aromatic N) is 3. The van der Waals surface area contributed by atoms with E-state index in [0.717, 1.165) is 50.3 Å². The smallest absolute Gasteiger partial charge is 0.282 e. The molecule has 0 radical (unpaired) electrons. The lowest BCUT2D eigenvalue weighted by Gasteiger charge is -2.36. The molecular weight excluding hydrogens is 386 g/mol. The average Bonchev–Trinajstić information content (AvgIpc) is 3.05. The highest BCUT2D eigenvalue weighted by molar-refractivity contribution is 6.45. The second-order valence-electron chi connectivity index (χ2n) is 8.41. The lowest BCUT2D eigenvalue weighted by atomic mass is 9.99. The zero-order chi connectivity index (χ0) is 22.1. The largest absolute Gasteiger partial charge is 0.364 e. The van der Waals surface area contributed by atoms with Crippen molar-refractivity contribution in [3.8, 4) is 0 Å². The summed E-state index contributed by atoms with van der Waals surface area (Å²) >= 11 is 0. The fourth-order valence-electron chi connectivity index (χ4n) is 4.37. The Morgan fingerprint density at radius 2 is 1.48 bits per heavy atom. The maximum Gasteiger partial charge on any atom is 0.282 e. The van der Waals surface area contributed by atoms with Crippen molar-refractivity contribution in [2.24, 2.45) is 0 Å². The standard InChI is InChI=1S/C26H31N3O2/c1-5-20-8-11-22(12-9-20)29-25(30)23(21-10-7-18(3)19(4)17-21)24(26(29)31)28-15-13-27(6-2)14-16-28/h7-12,17H,5-6,13-16H2,1-4H3. The van der Waals surface area contributed by atoms with Crippen LogP contribution in [0.1, 0.15) is 36.1 Å². The van der Waals surface area contributed by atoms with Gasteiger partial charge in [-0.2, -0.15) is 0 Å². The van der Waals surface area contributed by atoms with Crippen LogP contribution in [0.3, 0.4) is 0 Å². The zero-order valence-electron chi connectivity index (χ0n) is 18.9. The first kappa shape index (κ1) is 21.3. The Morgan fingerprint density at radius 3 is 2.06 bits per heavy atom. The van der Waals surface area contributed by atoms with Gasteiger partial charge in [-0.15, -0.1) is 0 Å². The molecule has 5 nitrogen and oxygen atoms in total. The molecular formula is C26H31N3O2. The monoisotopic (exact) mass is 417 g/mol. The van der Waals surface area contributed by atoms with Gasteiger partial charge in [-0.25, -0.2) is 4.90 Å². The van der Waals surface area contributed by atoms with Crippen LogP contribution in [0, 0.1) is 13.8 Å². The molecule has 2 heterocycles. The van der Waals surface area contributed by atoms with E-state index in [2.05, 4.69) is 30.6 Å². The van der Waals surface area contributed by atoms with Crippen molar-refractivity contribution in [3.05, 3.63) is 70.4 Å². The van der Waals surface area contributed by atoms with E-state index in [1.807, 2.05) is 49.4 Å². The first-order chi connectivity index (χ1) is 14.9. The molecule has 0 aliphatic carbocycles. The maximum atomic E-state index is 13.7. The number of anilines is 1. The molecule has 5 heteroatoms. The molecule has 2 aromatic carbocycles. The molecule has 4 rings (SSSR count). The van der Waals surface area contributed by atoms with E-state index in [0.29, 0.717) is 17.0 Å². The molecule has 0 unspecified atom stereocenters. The van der Waals surface area contributed by atoms with Crippen LogP contribution in [0.5, 0.6) is 0 Å². The van der Waals surface area contributed by atoms with Crippen molar-refractivity contribution in [1.82, 2.24) is 9.80 Å². The molecule has 0 atom stereocenters. The Bertz CT molecular complexity index is 1030. The second-order valence-corrected chi connectivity index (χ2v) is 8.41. The van der Waals surface area contributed by atoms with Crippen molar-refractivity contribution < 1.29 is 9.59 Å². The van der Waals surface area contributed by atoms with Gasteiger partial charge < -0.3 is 9.80 Å². The minimum atomic E-state index is -0.231. The summed E-state index contributed by atoms with van der Waals surface area (Å²) in [4.78, 5) is 33.1. The normalized spacial score (nSPS) is 17.8. The summed E-state index contributed by atoms with van der Waals surface area (Å²) in [7, 11) is 0. The van der Waals surface area contributed by atoms with Gasteiger partial charge in [-0.1, -0.05) is 44.2 Å². The molecule has 0 bridgehead atoms. The van der Waals surface area contributed by atoms with Crippen LogP contribution in [-0.4, -0.2) is 54.3 Å². The van der Waals surface area contributed by atoms with Crippen LogP contribution in [0.25, 0.3) is 5.57 Å². The summed E-state index contributed by atoms with van der Waals surface area (Å²) < 4.78 is 0. The zero-order valence-corrected chi connectivity index (χ0v) is 18.9. The van der Waals surface area contributed by atoms with Crippen LogP contribution < -0.4 is 4.90 Å². The van der Waals surface area contributed by atoms with Gasteiger partial charge in [0, 0.05) is 26.2 Å². The fraction of sp³-hybridized carbons (Fsp3) is 0.385. The van der Waals surface area contributed by atoms with Crippen molar-refractivity contribution >= 4 is 23.1 Å². The van der Waals surface area contributed by atoms with Crippen molar-refractivity contribution in [2.75, 3.05) is 37.6 Å². The number of likely N-dealkylation sites (N-methyl/N-ethyl adjacent to an activating group) is 1. The Labute approximate surface area is 184 Å². The van der Waals surface area contributed by atoms with E-state index in [4.69, 9.17) is 0 Å². The minimum absolute atomic E-state index is 0.215. The van der Waals surface area contributed by atoms with Gasteiger partial charge >= 0.3 is 0 Å². The number of carbonyl (C=O) groups is 2. The summed E-state index contributed by atoms with van der Waals surface area (Å²) in [6.45, 7) is 12.6. The number of hydrogen-bond donors (Lipinski definition) is 0. The van der Waals surface area contributed by atoms with Crippen molar-refractivity contribution in [2.45, 2.75) is 34.1 Å². The SMILES string of the molecule is CCc1ccc(N2C(=O)C(c3ccc(C)c(C)c3)=C(N3CCN(CC)CC3)C2=O)cc1. The Morgan fingerprint density at radius 1 is 0.806 bits per heavy atom. The first-order valence-electron chi connectivity index (χ1n) is 11.2. The molecule has 1 fully saturated rings. The molecule has 0 saturated carbocycles. The third-order valence-electron chi connectivity index (χ3n) is 6.59. The van der Waals surface area contributed by atoms with Crippen LogP contribution >= 0.6 is 0 Å².